The normalized spacial score (nSPS) is 17.1. The Hall–Kier alpha value is -2.24. The lowest BCUT2D eigenvalue weighted by Gasteiger charge is -2.31. The summed E-state index contributed by atoms with van der Waals surface area (Å²) >= 11 is 0. The van der Waals surface area contributed by atoms with E-state index in [2.05, 4.69) is 0 Å². The molecule has 1 aromatic rings. The minimum Gasteiger partial charge on any atom is -0.493 e. The van der Waals surface area contributed by atoms with Gasteiger partial charge in [-0.2, -0.15) is 0 Å². The van der Waals surface area contributed by atoms with Crippen molar-refractivity contribution in [2.45, 2.75) is 32.6 Å². The molecule has 0 aliphatic carbocycles. The van der Waals surface area contributed by atoms with Crippen molar-refractivity contribution in [1.82, 2.24) is 4.90 Å². The van der Waals surface area contributed by atoms with Gasteiger partial charge in [0.25, 0.3) is 0 Å². The molecule has 1 aromatic carbocycles. The van der Waals surface area contributed by atoms with Gasteiger partial charge in [-0.05, 0) is 43.9 Å². The van der Waals surface area contributed by atoms with Gasteiger partial charge < -0.3 is 19.1 Å². The first kappa shape index (κ1) is 19.1. The number of hydrogen-bond acceptors (Lipinski definition) is 5. The highest BCUT2D eigenvalue weighted by molar-refractivity contribution is 5.78. The van der Waals surface area contributed by atoms with Crippen LogP contribution in [0.15, 0.2) is 18.2 Å². The van der Waals surface area contributed by atoms with Crippen molar-refractivity contribution in [3.63, 3.8) is 0 Å². The standard InChI is InChI=1S/C19H27NO5/c1-4-25-19(22)15-6-5-11-20(13-15)18(21)10-8-14-7-9-16(23-2)17(12-14)24-3/h7,9,12,15H,4-6,8,10-11,13H2,1-3H3/t15-/m0/s1. The van der Waals surface area contributed by atoms with E-state index in [1.165, 1.54) is 0 Å². The third-order valence-electron chi connectivity index (χ3n) is 4.47. The number of ether oxygens (including phenoxy) is 3. The predicted molar refractivity (Wildman–Crippen MR) is 93.8 cm³/mol. The van der Waals surface area contributed by atoms with E-state index in [0.29, 0.717) is 44.0 Å². The summed E-state index contributed by atoms with van der Waals surface area (Å²) < 4.78 is 15.6. The minimum absolute atomic E-state index is 0.0729. The topological polar surface area (TPSA) is 65.1 Å². The second-order valence-electron chi connectivity index (χ2n) is 6.12. The van der Waals surface area contributed by atoms with Crippen molar-refractivity contribution in [2.75, 3.05) is 33.9 Å². The molecule has 6 nitrogen and oxygen atoms in total. The fraction of sp³-hybridized carbons (Fsp3) is 0.579. The van der Waals surface area contributed by atoms with Gasteiger partial charge in [0.15, 0.2) is 11.5 Å². The number of carbonyl (C=O) groups is 2. The summed E-state index contributed by atoms with van der Waals surface area (Å²) in [5, 5.41) is 0. The first-order valence-corrected chi connectivity index (χ1v) is 8.74. The van der Waals surface area contributed by atoms with Crippen LogP contribution >= 0.6 is 0 Å². The van der Waals surface area contributed by atoms with Gasteiger partial charge in [0.1, 0.15) is 0 Å². The third-order valence-corrected chi connectivity index (χ3v) is 4.47. The Morgan fingerprint density at radius 3 is 2.64 bits per heavy atom. The Bertz CT molecular complexity index is 601. The lowest BCUT2D eigenvalue weighted by molar-refractivity contribution is -0.151. The van der Waals surface area contributed by atoms with E-state index in [1.54, 1.807) is 26.0 Å². The van der Waals surface area contributed by atoms with Gasteiger partial charge in [0.05, 0.1) is 26.7 Å². The van der Waals surface area contributed by atoms with E-state index in [4.69, 9.17) is 14.2 Å². The highest BCUT2D eigenvalue weighted by Crippen LogP contribution is 2.28. The molecule has 25 heavy (non-hydrogen) atoms. The minimum atomic E-state index is -0.196. The Morgan fingerprint density at radius 2 is 1.96 bits per heavy atom. The number of esters is 1. The molecule has 1 heterocycles. The number of amides is 1. The number of benzene rings is 1. The van der Waals surface area contributed by atoms with Crippen molar-refractivity contribution < 1.29 is 23.8 Å². The fourth-order valence-corrected chi connectivity index (χ4v) is 3.10. The lowest BCUT2D eigenvalue weighted by Crippen LogP contribution is -2.42. The summed E-state index contributed by atoms with van der Waals surface area (Å²) in [5.74, 6) is 1.01. The largest absolute Gasteiger partial charge is 0.493 e. The summed E-state index contributed by atoms with van der Waals surface area (Å²) in [4.78, 5) is 26.2. The van der Waals surface area contributed by atoms with Crippen molar-refractivity contribution >= 4 is 11.9 Å². The summed E-state index contributed by atoms with van der Waals surface area (Å²) in [7, 11) is 3.19. The van der Waals surface area contributed by atoms with E-state index >= 15 is 0 Å². The maximum Gasteiger partial charge on any atom is 0.310 e. The van der Waals surface area contributed by atoms with Gasteiger partial charge >= 0.3 is 5.97 Å². The molecule has 1 atom stereocenters. The highest BCUT2D eigenvalue weighted by atomic mass is 16.5. The van der Waals surface area contributed by atoms with Crippen LogP contribution in [-0.4, -0.2) is 50.7 Å². The van der Waals surface area contributed by atoms with Gasteiger partial charge in [0, 0.05) is 19.5 Å². The van der Waals surface area contributed by atoms with E-state index in [1.807, 2.05) is 18.2 Å². The van der Waals surface area contributed by atoms with Crippen molar-refractivity contribution in [2.24, 2.45) is 5.92 Å². The van der Waals surface area contributed by atoms with Crippen LogP contribution in [0.4, 0.5) is 0 Å². The molecule has 0 N–H and O–H groups in total. The average Bonchev–Trinajstić information content (AvgIpc) is 2.66. The molecule has 0 spiro atoms. The summed E-state index contributed by atoms with van der Waals surface area (Å²) in [6.07, 6.45) is 2.66. The van der Waals surface area contributed by atoms with E-state index < -0.39 is 0 Å². The average molecular weight is 349 g/mol. The Labute approximate surface area is 149 Å². The van der Waals surface area contributed by atoms with Crippen molar-refractivity contribution in [3.05, 3.63) is 23.8 Å². The van der Waals surface area contributed by atoms with Crippen LogP contribution in [0, 0.1) is 5.92 Å². The number of hydrogen-bond donors (Lipinski definition) is 0. The first-order chi connectivity index (χ1) is 12.1. The molecule has 6 heteroatoms. The van der Waals surface area contributed by atoms with Gasteiger partial charge in [-0.1, -0.05) is 6.07 Å². The van der Waals surface area contributed by atoms with Gasteiger partial charge in [-0.3, -0.25) is 9.59 Å². The highest BCUT2D eigenvalue weighted by Gasteiger charge is 2.29. The van der Waals surface area contributed by atoms with Crippen LogP contribution in [0.3, 0.4) is 0 Å². The van der Waals surface area contributed by atoms with Gasteiger partial charge in [-0.25, -0.2) is 0 Å². The molecule has 138 valence electrons. The molecule has 0 saturated carbocycles. The van der Waals surface area contributed by atoms with Crippen LogP contribution in [0.5, 0.6) is 11.5 Å². The molecule has 1 aliphatic heterocycles. The predicted octanol–water partition coefficient (Wildman–Crippen LogP) is 2.44. The van der Waals surface area contributed by atoms with Crippen LogP contribution in [-0.2, 0) is 20.7 Å². The summed E-state index contributed by atoms with van der Waals surface area (Å²) in [6, 6.07) is 5.67. The fourth-order valence-electron chi connectivity index (χ4n) is 3.10. The number of piperidine rings is 1. The maximum atomic E-state index is 12.5. The molecule has 0 radical (unpaired) electrons. The number of aryl methyl sites for hydroxylation is 1. The van der Waals surface area contributed by atoms with Gasteiger partial charge in [-0.15, -0.1) is 0 Å². The molecule has 2 rings (SSSR count). The maximum absolute atomic E-state index is 12.5. The Morgan fingerprint density at radius 1 is 1.20 bits per heavy atom. The molecule has 0 aromatic heterocycles. The molecule has 1 amide bonds. The molecule has 1 fully saturated rings. The number of rotatable bonds is 7. The zero-order chi connectivity index (χ0) is 18.2. The SMILES string of the molecule is CCOC(=O)[C@H]1CCCN(C(=O)CCc2ccc(OC)c(OC)c2)C1. The molecular weight excluding hydrogens is 322 g/mol. The van der Waals surface area contributed by atoms with Crippen LogP contribution in [0.2, 0.25) is 0 Å². The Kier molecular flexibility index (Phi) is 7.10. The number of likely N-dealkylation sites (tertiary alicyclic amines) is 1. The smallest absolute Gasteiger partial charge is 0.310 e. The summed E-state index contributed by atoms with van der Waals surface area (Å²) in [6.45, 7) is 3.35. The second-order valence-corrected chi connectivity index (χ2v) is 6.12. The van der Waals surface area contributed by atoms with Crippen LogP contribution in [0.1, 0.15) is 31.7 Å². The molecular formula is C19H27NO5. The molecule has 0 bridgehead atoms. The monoisotopic (exact) mass is 349 g/mol. The number of nitrogens with zero attached hydrogens (tertiary/aromatic N) is 1. The summed E-state index contributed by atoms with van der Waals surface area (Å²) in [5.41, 5.74) is 1.02. The number of carbonyl (C=O) groups excluding carboxylic acids is 2. The van der Waals surface area contributed by atoms with Crippen LogP contribution in [0.25, 0.3) is 0 Å². The van der Waals surface area contributed by atoms with E-state index in [-0.39, 0.29) is 17.8 Å². The zero-order valence-electron chi connectivity index (χ0n) is 15.2. The zero-order valence-corrected chi connectivity index (χ0v) is 15.2. The third kappa shape index (κ3) is 5.11. The Balaban J connectivity index is 1.90. The van der Waals surface area contributed by atoms with E-state index in [9.17, 15) is 9.59 Å². The number of methoxy groups -OCH3 is 2. The second kappa shape index (κ2) is 9.30. The van der Waals surface area contributed by atoms with Crippen molar-refractivity contribution in [3.8, 4) is 11.5 Å². The van der Waals surface area contributed by atoms with Crippen LogP contribution < -0.4 is 9.47 Å². The van der Waals surface area contributed by atoms with Gasteiger partial charge in [0.2, 0.25) is 5.91 Å². The molecule has 0 unspecified atom stereocenters. The quantitative estimate of drug-likeness (QED) is 0.708. The molecule has 1 saturated heterocycles. The van der Waals surface area contributed by atoms with Crippen molar-refractivity contribution in [1.29, 1.82) is 0 Å². The first-order valence-electron chi connectivity index (χ1n) is 8.74. The van der Waals surface area contributed by atoms with E-state index in [0.717, 1.165) is 18.4 Å². The molecule has 1 aliphatic rings. The lowest BCUT2D eigenvalue weighted by atomic mass is 9.97.